The minimum atomic E-state index is 0. The maximum atomic E-state index is 8.93. The van der Waals surface area contributed by atoms with E-state index in [-0.39, 0.29) is 41.5 Å². The summed E-state index contributed by atoms with van der Waals surface area (Å²) in [6, 6.07) is 0. The van der Waals surface area contributed by atoms with Crippen molar-refractivity contribution >= 4 is 0 Å². The first kappa shape index (κ1) is 29.3. The van der Waals surface area contributed by atoms with E-state index < -0.39 is 0 Å². The summed E-state index contributed by atoms with van der Waals surface area (Å²) in [7, 11) is 0. The van der Waals surface area contributed by atoms with Gasteiger partial charge in [0, 0.05) is 0 Å². The molecule has 0 aliphatic carbocycles. The van der Waals surface area contributed by atoms with Gasteiger partial charge in [-0.1, -0.05) is 20.8 Å². The van der Waals surface area contributed by atoms with Gasteiger partial charge in [0.15, 0.2) is 0 Å². The van der Waals surface area contributed by atoms with Crippen LogP contribution in [0.5, 0.6) is 0 Å². The van der Waals surface area contributed by atoms with Crippen molar-refractivity contribution in [2.75, 3.05) is 32.9 Å². The van der Waals surface area contributed by atoms with Crippen LogP contribution in [-0.2, 0) is 21.7 Å². The Hall–Kier alpha value is 0.514. The largest absolute Gasteiger partial charge is 4.00 e. The van der Waals surface area contributed by atoms with E-state index in [9.17, 15) is 0 Å². The number of nitrogens with one attached hydrogen (secondary N) is 1. The fourth-order valence-corrected chi connectivity index (χ4v) is 0. The Morgan fingerprint density at radius 2 is 1.00 bits per heavy atom. The molecule has 0 atom stereocenters. The van der Waals surface area contributed by atoms with E-state index in [4.69, 9.17) is 26.8 Å². The molecular weight excluding hydrogens is 220 g/mol. The second-order valence-electron chi connectivity index (χ2n) is 1.40. The second kappa shape index (κ2) is 69.6. The molecule has 86 valence electrons. The third-order valence-corrected chi connectivity index (χ3v) is 0.144. The maximum Gasteiger partial charge on any atom is 4.00 e. The van der Waals surface area contributed by atoms with Gasteiger partial charge in [0.2, 0.25) is 0 Å². The third-order valence-electron chi connectivity index (χ3n) is 0.144. The van der Waals surface area contributed by atoms with Crippen molar-refractivity contribution in [3.63, 3.8) is 0 Å². The Bertz CT molecular complexity index is 39.0. The van der Waals surface area contributed by atoms with E-state index in [1.807, 2.05) is 0 Å². The summed E-state index contributed by atoms with van der Waals surface area (Å²) in [5.74, 6) is 0. The average Bonchev–Trinajstić information content (AvgIpc) is 2.08. The predicted molar refractivity (Wildman–Crippen MR) is 49.9 cm³/mol. The first-order valence-corrected chi connectivity index (χ1v) is 4.25. The molecule has 3 N–H and O–H groups in total. The molecule has 0 aromatic rings. The molecule has 0 aliphatic rings. The summed E-state index contributed by atoms with van der Waals surface area (Å²) in [6.07, 6.45) is 0. The van der Waals surface area contributed by atoms with Crippen LogP contribution in [0.25, 0.3) is 5.73 Å². The van der Waals surface area contributed by atoms with Crippen molar-refractivity contribution in [1.82, 2.24) is 0 Å². The first-order chi connectivity index (χ1) is 6.16. The monoisotopic (exact) mass is 242 g/mol. The fourth-order valence-electron chi connectivity index (χ4n) is 0. The molecule has 0 unspecified atom stereocenters. The SMILES string of the molecule is CC[O-].CC[O-].CC[O-].[NH-]CCN.[Ti+4]. The smallest absolute Gasteiger partial charge is 0.855 e. The molecule has 0 bridgehead atoms. The van der Waals surface area contributed by atoms with E-state index in [1.54, 1.807) is 20.8 Å². The molecule has 0 fully saturated rings. The molecule has 0 aromatic heterocycles. The Morgan fingerprint density at radius 1 is 0.929 bits per heavy atom. The Labute approximate surface area is 102 Å². The molecule has 0 heterocycles. The van der Waals surface area contributed by atoms with E-state index in [0.717, 1.165) is 0 Å². The molecule has 5 nitrogen and oxygen atoms in total. The van der Waals surface area contributed by atoms with Crippen LogP contribution in [0.3, 0.4) is 0 Å². The molecule has 0 rings (SSSR count). The van der Waals surface area contributed by atoms with Crippen molar-refractivity contribution in [3.8, 4) is 0 Å². The predicted octanol–water partition coefficient (Wildman–Crippen LogP) is -1.91. The number of hydrogen-bond acceptors (Lipinski definition) is 4. The second-order valence-corrected chi connectivity index (χ2v) is 1.40. The van der Waals surface area contributed by atoms with Crippen molar-refractivity contribution in [1.29, 1.82) is 0 Å². The van der Waals surface area contributed by atoms with Crippen molar-refractivity contribution in [2.45, 2.75) is 20.8 Å². The minimum absolute atomic E-state index is 0. The minimum Gasteiger partial charge on any atom is -0.855 e. The van der Waals surface area contributed by atoms with Crippen LogP contribution >= 0.6 is 0 Å². The fraction of sp³-hybridized carbons (Fsp3) is 1.00. The normalized spacial score (nSPS) is 6.00. The van der Waals surface area contributed by atoms with Crippen molar-refractivity contribution in [2.24, 2.45) is 5.73 Å². The third kappa shape index (κ3) is 724. The first-order valence-electron chi connectivity index (χ1n) is 4.25. The van der Waals surface area contributed by atoms with Gasteiger partial charge in [-0.15, -0.1) is 26.4 Å². The Balaban J connectivity index is -0.0000000254. The molecule has 0 amide bonds. The van der Waals surface area contributed by atoms with E-state index in [2.05, 4.69) is 0 Å². The summed E-state index contributed by atoms with van der Waals surface area (Å²) >= 11 is 0. The van der Waals surface area contributed by atoms with Crippen molar-refractivity contribution in [3.05, 3.63) is 5.73 Å². The van der Waals surface area contributed by atoms with Crippen LogP contribution in [0.4, 0.5) is 0 Å². The summed E-state index contributed by atoms with van der Waals surface area (Å²) in [5, 5.41) is 26.8. The van der Waals surface area contributed by atoms with Gasteiger partial charge in [0.25, 0.3) is 0 Å². The van der Waals surface area contributed by atoms with Crippen molar-refractivity contribution < 1.29 is 37.0 Å². The van der Waals surface area contributed by atoms with Gasteiger partial charge >= 0.3 is 21.7 Å². The maximum absolute atomic E-state index is 8.93. The topological polar surface area (TPSA) is 119 Å². The zero-order valence-corrected chi connectivity index (χ0v) is 10.9. The molecule has 0 aliphatic heterocycles. The zero-order chi connectivity index (χ0) is 11.5. The number of hydrogen-bond donors (Lipinski definition) is 1. The molecule has 0 aromatic carbocycles. The summed E-state index contributed by atoms with van der Waals surface area (Å²) in [4.78, 5) is 0. The molecule has 6 heteroatoms. The van der Waals surface area contributed by atoms with Crippen LogP contribution in [0.2, 0.25) is 0 Å². The van der Waals surface area contributed by atoms with Crippen LogP contribution in [0.15, 0.2) is 0 Å². The van der Waals surface area contributed by atoms with Crippen LogP contribution in [0, 0.1) is 0 Å². The molecule has 14 heavy (non-hydrogen) atoms. The standard InChI is InChI=1S/C2H7N2.3C2H5O.Ti/c3-1-2-4;3*1-2-3;/h3H,1-2,4H2;3*2H2,1H3;/q4*-1;+4. The van der Waals surface area contributed by atoms with Gasteiger partial charge in [0.05, 0.1) is 0 Å². The van der Waals surface area contributed by atoms with Crippen LogP contribution < -0.4 is 21.1 Å². The Kier molecular flexibility index (Phi) is 146. The number of nitrogens with two attached hydrogens (primary N) is 1. The van der Waals surface area contributed by atoms with Crippen LogP contribution in [-0.4, -0.2) is 32.9 Å². The molecule has 0 saturated carbocycles. The summed E-state index contributed by atoms with van der Waals surface area (Å²) in [5.41, 5.74) is 11.2. The van der Waals surface area contributed by atoms with E-state index in [1.165, 1.54) is 0 Å². The van der Waals surface area contributed by atoms with Gasteiger partial charge < -0.3 is 26.8 Å². The Morgan fingerprint density at radius 3 is 1.00 bits per heavy atom. The summed E-state index contributed by atoms with van der Waals surface area (Å²) < 4.78 is 0. The van der Waals surface area contributed by atoms with Gasteiger partial charge in [-0.05, 0) is 6.54 Å². The van der Waals surface area contributed by atoms with E-state index >= 15 is 0 Å². The van der Waals surface area contributed by atoms with Gasteiger partial charge in [-0.25, -0.2) is 0 Å². The van der Waals surface area contributed by atoms with E-state index in [0.29, 0.717) is 13.1 Å². The van der Waals surface area contributed by atoms with Gasteiger partial charge in [-0.2, -0.15) is 0 Å². The number of rotatable bonds is 1. The van der Waals surface area contributed by atoms with Gasteiger partial charge in [-0.3, -0.25) is 0 Å². The summed E-state index contributed by atoms with van der Waals surface area (Å²) in [6.45, 7) is 5.54. The molecule has 0 radical (unpaired) electrons. The molecular formula is C8H22N2O3Ti. The van der Waals surface area contributed by atoms with Gasteiger partial charge in [0.1, 0.15) is 0 Å². The molecule has 0 saturated heterocycles. The quantitative estimate of drug-likeness (QED) is 0.539. The molecule has 0 spiro atoms. The van der Waals surface area contributed by atoms with Crippen LogP contribution in [0.1, 0.15) is 20.8 Å². The zero-order valence-electron chi connectivity index (χ0n) is 9.34. The average molecular weight is 242 g/mol.